The largest absolute Gasteiger partial charge is 0.497 e. The molecule has 2 N–H and O–H groups in total. The van der Waals surface area contributed by atoms with E-state index in [1.165, 1.54) is 0 Å². The van der Waals surface area contributed by atoms with Gasteiger partial charge in [0.25, 0.3) is 0 Å². The lowest BCUT2D eigenvalue weighted by Crippen LogP contribution is -2.36. The van der Waals surface area contributed by atoms with Crippen molar-refractivity contribution in [1.29, 1.82) is 0 Å². The van der Waals surface area contributed by atoms with Crippen LogP contribution in [0, 0.1) is 0 Å². The molecule has 0 radical (unpaired) electrons. The highest BCUT2D eigenvalue weighted by molar-refractivity contribution is 14.0. The predicted molar refractivity (Wildman–Crippen MR) is 126 cm³/mol. The predicted octanol–water partition coefficient (Wildman–Crippen LogP) is 3.12. The maximum absolute atomic E-state index is 5.79. The lowest BCUT2D eigenvalue weighted by Gasteiger charge is -2.14. The number of nitrogens with zero attached hydrogens (tertiary/aromatic N) is 2. The van der Waals surface area contributed by atoms with E-state index >= 15 is 0 Å². The van der Waals surface area contributed by atoms with Crippen molar-refractivity contribution in [2.75, 3.05) is 41.4 Å². The van der Waals surface area contributed by atoms with E-state index in [0.717, 1.165) is 35.1 Å². The summed E-state index contributed by atoms with van der Waals surface area (Å²) in [5, 5.41) is 6.65. The number of nitrogens with one attached hydrogen (secondary N) is 2. The topological polar surface area (TPSA) is 58.1 Å². The quantitative estimate of drug-likeness (QED) is 0.316. The molecule has 2 aromatic carbocycles. The summed E-state index contributed by atoms with van der Waals surface area (Å²) in [6.45, 7) is 2.93. The molecule has 2 aromatic rings. The first-order chi connectivity index (χ1) is 13.1. The zero-order valence-electron chi connectivity index (χ0n) is 17.1. The summed E-state index contributed by atoms with van der Waals surface area (Å²) in [5.41, 5.74) is 2.31. The molecule has 7 heteroatoms. The maximum atomic E-state index is 5.79. The number of ether oxygens (including phenoxy) is 2. The Morgan fingerprint density at radius 3 is 2.25 bits per heavy atom. The van der Waals surface area contributed by atoms with Gasteiger partial charge in [-0.25, -0.2) is 0 Å². The third-order valence-electron chi connectivity index (χ3n) is 4.01. The van der Waals surface area contributed by atoms with Gasteiger partial charge in [-0.2, -0.15) is 0 Å². The van der Waals surface area contributed by atoms with E-state index in [-0.39, 0.29) is 24.0 Å². The van der Waals surface area contributed by atoms with Crippen LogP contribution in [0.1, 0.15) is 11.1 Å². The van der Waals surface area contributed by atoms with Gasteiger partial charge in [-0.3, -0.25) is 4.99 Å². The fraction of sp³-hybridized carbons (Fsp3) is 0.381. The zero-order chi connectivity index (χ0) is 19.5. The average molecular weight is 498 g/mol. The van der Waals surface area contributed by atoms with Gasteiger partial charge in [0.2, 0.25) is 0 Å². The highest BCUT2D eigenvalue weighted by atomic mass is 127. The fourth-order valence-corrected chi connectivity index (χ4v) is 2.43. The molecule has 154 valence electrons. The number of guanidine groups is 1. The van der Waals surface area contributed by atoms with Gasteiger partial charge in [0.15, 0.2) is 5.96 Å². The van der Waals surface area contributed by atoms with Crippen LogP contribution in [0.3, 0.4) is 0 Å². The van der Waals surface area contributed by atoms with Gasteiger partial charge in [0.1, 0.15) is 18.1 Å². The van der Waals surface area contributed by atoms with E-state index in [0.29, 0.717) is 19.7 Å². The summed E-state index contributed by atoms with van der Waals surface area (Å²) in [6.07, 6.45) is 0. The Labute approximate surface area is 185 Å². The van der Waals surface area contributed by atoms with Gasteiger partial charge in [-0.15, -0.1) is 24.0 Å². The summed E-state index contributed by atoms with van der Waals surface area (Å²) in [4.78, 5) is 6.38. The van der Waals surface area contributed by atoms with E-state index in [1.807, 2.05) is 50.5 Å². The molecule has 0 aromatic heterocycles. The van der Waals surface area contributed by atoms with Gasteiger partial charge in [-0.1, -0.05) is 24.3 Å². The van der Waals surface area contributed by atoms with Crippen molar-refractivity contribution in [2.45, 2.75) is 13.1 Å². The Bertz CT molecular complexity index is 721. The van der Waals surface area contributed by atoms with Crippen molar-refractivity contribution < 1.29 is 9.47 Å². The van der Waals surface area contributed by atoms with Crippen LogP contribution in [-0.4, -0.2) is 52.3 Å². The molecular formula is C21H31IN4O2. The molecule has 0 saturated heterocycles. The molecule has 0 unspecified atom stereocenters. The molecule has 0 aliphatic rings. The van der Waals surface area contributed by atoms with Crippen molar-refractivity contribution in [3.63, 3.8) is 0 Å². The number of aliphatic imine (C=N–C) groups is 1. The van der Waals surface area contributed by atoms with E-state index < -0.39 is 0 Å². The normalized spacial score (nSPS) is 11.0. The molecule has 2 rings (SSSR count). The molecule has 0 heterocycles. The Hall–Kier alpha value is -2.00. The van der Waals surface area contributed by atoms with Crippen molar-refractivity contribution in [3.8, 4) is 11.5 Å². The molecule has 28 heavy (non-hydrogen) atoms. The van der Waals surface area contributed by atoms with E-state index in [1.54, 1.807) is 14.2 Å². The molecule has 0 aliphatic heterocycles. The lowest BCUT2D eigenvalue weighted by molar-refractivity contribution is 0.261. The standard InChI is InChI=1S/C21H30N4O2.HI/c1-22-21(23-15-17-8-10-19(26-4)11-9-17)24-16-18-6-5-7-20(14-18)27-13-12-25(2)3;/h5-11,14H,12-13,15-16H2,1-4H3,(H2,22,23,24);1H. The molecule has 6 nitrogen and oxygen atoms in total. The van der Waals surface area contributed by atoms with E-state index in [9.17, 15) is 0 Å². The third kappa shape index (κ3) is 8.79. The van der Waals surface area contributed by atoms with Crippen LogP contribution >= 0.6 is 24.0 Å². The SMILES string of the molecule is CN=C(NCc1ccc(OC)cc1)NCc1cccc(OCCN(C)C)c1.I. The second kappa shape index (κ2) is 13.2. The first-order valence-electron chi connectivity index (χ1n) is 9.04. The lowest BCUT2D eigenvalue weighted by atomic mass is 10.2. The molecule has 0 saturated carbocycles. The van der Waals surface area contributed by atoms with Crippen LogP contribution in [0.25, 0.3) is 0 Å². The maximum Gasteiger partial charge on any atom is 0.191 e. The van der Waals surface area contributed by atoms with Gasteiger partial charge in [-0.05, 0) is 49.5 Å². The van der Waals surface area contributed by atoms with Crippen LogP contribution in [0.5, 0.6) is 11.5 Å². The number of halogens is 1. The summed E-state index contributed by atoms with van der Waals surface area (Å²) in [7, 11) is 7.51. The second-order valence-electron chi connectivity index (χ2n) is 6.43. The smallest absolute Gasteiger partial charge is 0.191 e. The van der Waals surface area contributed by atoms with Crippen molar-refractivity contribution >= 4 is 29.9 Å². The summed E-state index contributed by atoms with van der Waals surface area (Å²) < 4.78 is 11.0. The molecule has 0 amide bonds. The monoisotopic (exact) mass is 498 g/mol. The molecule has 0 spiro atoms. The van der Waals surface area contributed by atoms with E-state index in [4.69, 9.17) is 9.47 Å². The first kappa shape index (κ1) is 24.0. The van der Waals surface area contributed by atoms with Crippen molar-refractivity contribution in [2.24, 2.45) is 4.99 Å². The third-order valence-corrected chi connectivity index (χ3v) is 4.01. The number of benzene rings is 2. The van der Waals surface area contributed by atoms with Gasteiger partial charge >= 0.3 is 0 Å². The van der Waals surface area contributed by atoms with Crippen LogP contribution in [0.15, 0.2) is 53.5 Å². The molecule has 0 atom stereocenters. The minimum absolute atomic E-state index is 0. The number of likely N-dealkylation sites (N-methyl/N-ethyl adjacent to an activating group) is 1. The highest BCUT2D eigenvalue weighted by Crippen LogP contribution is 2.13. The summed E-state index contributed by atoms with van der Waals surface area (Å²) in [5.74, 6) is 2.50. The van der Waals surface area contributed by atoms with Gasteiger partial charge in [0.05, 0.1) is 7.11 Å². The summed E-state index contributed by atoms with van der Waals surface area (Å²) in [6, 6.07) is 16.1. The van der Waals surface area contributed by atoms with E-state index in [2.05, 4.69) is 32.7 Å². The zero-order valence-corrected chi connectivity index (χ0v) is 19.4. The van der Waals surface area contributed by atoms with Gasteiger partial charge < -0.3 is 25.0 Å². The number of methoxy groups -OCH3 is 1. The highest BCUT2D eigenvalue weighted by Gasteiger charge is 2.02. The van der Waals surface area contributed by atoms with Gasteiger partial charge in [0, 0.05) is 26.7 Å². The molecular weight excluding hydrogens is 467 g/mol. The average Bonchev–Trinajstić information content (AvgIpc) is 2.68. The minimum atomic E-state index is 0. The van der Waals surface area contributed by atoms with Crippen LogP contribution in [0.2, 0.25) is 0 Å². The number of hydrogen-bond acceptors (Lipinski definition) is 4. The number of rotatable bonds is 9. The fourth-order valence-electron chi connectivity index (χ4n) is 2.43. The Balaban J connectivity index is 0.00000392. The number of hydrogen-bond donors (Lipinski definition) is 2. The Kier molecular flexibility index (Phi) is 11.4. The van der Waals surface area contributed by atoms with Crippen molar-refractivity contribution in [1.82, 2.24) is 15.5 Å². The Morgan fingerprint density at radius 2 is 1.64 bits per heavy atom. The Morgan fingerprint density at radius 1 is 0.964 bits per heavy atom. The summed E-state index contributed by atoms with van der Waals surface area (Å²) >= 11 is 0. The minimum Gasteiger partial charge on any atom is -0.497 e. The van der Waals surface area contributed by atoms with Crippen LogP contribution in [-0.2, 0) is 13.1 Å². The van der Waals surface area contributed by atoms with Crippen LogP contribution in [0.4, 0.5) is 0 Å². The first-order valence-corrected chi connectivity index (χ1v) is 9.04. The second-order valence-corrected chi connectivity index (χ2v) is 6.43. The molecule has 0 fully saturated rings. The van der Waals surface area contributed by atoms with Crippen LogP contribution < -0.4 is 20.1 Å². The van der Waals surface area contributed by atoms with Crippen molar-refractivity contribution in [3.05, 3.63) is 59.7 Å². The molecule has 0 aliphatic carbocycles. The molecule has 0 bridgehead atoms.